The maximum atomic E-state index is 11.5. The van der Waals surface area contributed by atoms with Crippen molar-refractivity contribution >= 4 is 35.0 Å². The molecule has 21 nitrogen and oxygen atoms in total. The Bertz CT molecular complexity index is 1630. The van der Waals surface area contributed by atoms with Crippen LogP contribution in [0.5, 0.6) is 17.2 Å². The number of carbonyl (C=O) groups is 3. The number of hydrogen-bond donors (Lipinski definition) is 3. The molecule has 0 fully saturated rings. The van der Waals surface area contributed by atoms with Crippen LogP contribution in [0.1, 0.15) is 31.1 Å². The highest BCUT2D eigenvalue weighted by Crippen LogP contribution is 2.29. The van der Waals surface area contributed by atoms with Crippen molar-refractivity contribution in [2.24, 2.45) is 0 Å². The van der Waals surface area contributed by atoms with Gasteiger partial charge < -0.3 is 43.7 Å². The molecule has 0 spiro atoms. The van der Waals surface area contributed by atoms with Crippen molar-refractivity contribution in [2.45, 2.75) is 0 Å². The maximum absolute atomic E-state index is 11.5. The highest BCUT2D eigenvalue weighted by Gasteiger charge is 2.20. The van der Waals surface area contributed by atoms with Gasteiger partial charge >= 0.3 is 35.0 Å². The molecule has 0 bridgehead atoms. The molecule has 3 rings (SSSR count). The number of esters is 1. The minimum Gasteiger partial charge on any atom is -0.502 e. The molecule has 0 aliphatic carbocycles. The van der Waals surface area contributed by atoms with Gasteiger partial charge in [0.25, 0.3) is 0 Å². The van der Waals surface area contributed by atoms with E-state index < -0.39 is 49.8 Å². The van der Waals surface area contributed by atoms with Crippen LogP contribution in [0.15, 0.2) is 54.6 Å². The predicted molar refractivity (Wildman–Crippen MR) is 157 cm³/mol. The van der Waals surface area contributed by atoms with Gasteiger partial charge in [-0.3, -0.25) is 30.3 Å². The van der Waals surface area contributed by atoms with E-state index in [1.807, 2.05) is 0 Å². The molecular formula is C27H27N3O18. The van der Waals surface area contributed by atoms with Crippen molar-refractivity contribution in [3.63, 3.8) is 0 Å². The van der Waals surface area contributed by atoms with Crippen molar-refractivity contribution in [3.8, 4) is 17.2 Å². The third kappa shape index (κ3) is 12.5. The van der Waals surface area contributed by atoms with Crippen molar-refractivity contribution in [1.82, 2.24) is 0 Å². The number of rotatable bonds is 14. The first kappa shape index (κ1) is 39.6. The summed E-state index contributed by atoms with van der Waals surface area (Å²) in [4.78, 5) is 62.1. The number of nitro groups is 3. The lowest BCUT2D eigenvalue weighted by atomic mass is 10.2. The van der Waals surface area contributed by atoms with E-state index in [0.717, 1.165) is 30.3 Å². The molecule has 0 aliphatic heterocycles. The van der Waals surface area contributed by atoms with Crippen LogP contribution in [-0.2, 0) is 18.9 Å². The molecule has 0 amide bonds. The van der Waals surface area contributed by atoms with Crippen LogP contribution in [0.3, 0.4) is 0 Å². The molecule has 3 aromatic carbocycles. The second-order valence-corrected chi connectivity index (χ2v) is 8.39. The summed E-state index contributed by atoms with van der Waals surface area (Å²) in [5, 5.41) is 57.9. The predicted octanol–water partition coefficient (Wildman–Crippen LogP) is 3.61. The van der Waals surface area contributed by atoms with Crippen molar-refractivity contribution in [3.05, 3.63) is 102 Å². The highest BCUT2D eigenvalue weighted by atomic mass is 16.7. The van der Waals surface area contributed by atoms with Crippen LogP contribution in [0.25, 0.3) is 0 Å². The zero-order valence-corrected chi connectivity index (χ0v) is 25.1. The van der Waals surface area contributed by atoms with Crippen molar-refractivity contribution in [2.75, 3.05) is 41.7 Å². The molecule has 21 heteroatoms. The lowest BCUT2D eigenvalue weighted by molar-refractivity contribution is -0.386. The minimum absolute atomic E-state index is 0.00939. The normalized spacial score (nSPS) is 9.81. The molecule has 0 heterocycles. The number of phenolic OH excluding ortho intramolecular Hbond substituents is 1. The van der Waals surface area contributed by atoms with Gasteiger partial charge in [-0.25, -0.2) is 14.4 Å². The minimum atomic E-state index is -1.27. The van der Waals surface area contributed by atoms with Gasteiger partial charge in [0.05, 0.1) is 31.5 Å². The van der Waals surface area contributed by atoms with Gasteiger partial charge in [0.15, 0.2) is 37.6 Å². The van der Waals surface area contributed by atoms with Gasteiger partial charge in [-0.05, 0) is 36.4 Å². The van der Waals surface area contributed by atoms with E-state index in [1.54, 1.807) is 0 Å². The fourth-order valence-corrected chi connectivity index (χ4v) is 3.07. The molecule has 0 atom stereocenters. The van der Waals surface area contributed by atoms with Crippen LogP contribution >= 0.6 is 0 Å². The molecule has 258 valence electrons. The largest absolute Gasteiger partial charge is 0.502 e. The van der Waals surface area contributed by atoms with Crippen LogP contribution < -0.4 is 9.47 Å². The number of ether oxygens (including phenoxy) is 6. The second kappa shape index (κ2) is 19.8. The standard InChI is InChI=1S/C11H13NO7.C9H9NO6.C7H5NO5/c1-16-6-18-10-4-3-8(5-9(10)12(14)15)11(13)19-7-17-2;1-15-5-16-8-3-2-6(9(11)12)4-7(8)10(13)14;9-6-2-1-4(7(10)11)3-5(6)8(12)13/h3-5H,6-7H2,1-2H3;2-4H,5H2,1H3,(H,11,12);1-3,9H,(H,10,11). The van der Waals surface area contributed by atoms with Gasteiger partial charge in [0.2, 0.25) is 0 Å². The maximum Gasteiger partial charge on any atom is 0.340 e. The summed E-state index contributed by atoms with van der Waals surface area (Å²) < 4.78 is 28.5. The topological polar surface area (TPSA) is 297 Å². The van der Waals surface area contributed by atoms with E-state index >= 15 is 0 Å². The fourth-order valence-electron chi connectivity index (χ4n) is 3.07. The Morgan fingerprint density at radius 3 is 1.38 bits per heavy atom. The molecular weight excluding hydrogens is 654 g/mol. The first-order valence-electron chi connectivity index (χ1n) is 12.6. The molecule has 0 radical (unpaired) electrons. The van der Waals surface area contributed by atoms with E-state index in [9.17, 15) is 44.7 Å². The highest BCUT2D eigenvalue weighted by molar-refractivity contribution is 5.91. The molecule has 0 saturated heterocycles. The molecule has 0 aromatic heterocycles. The number of phenols is 1. The molecule has 48 heavy (non-hydrogen) atoms. The zero-order valence-electron chi connectivity index (χ0n) is 25.1. The van der Waals surface area contributed by atoms with Crippen LogP contribution in [0, 0.1) is 30.3 Å². The van der Waals surface area contributed by atoms with Crippen LogP contribution in [0.4, 0.5) is 17.1 Å². The summed E-state index contributed by atoms with van der Waals surface area (Å²) in [6.45, 7) is -0.504. The monoisotopic (exact) mass is 681 g/mol. The van der Waals surface area contributed by atoms with E-state index in [0.29, 0.717) is 0 Å². The van der Waals surface area contributed by atoms with E-state index in [4.69, 9.17) is 24.8 Å². The lowest BCUT2D eigenvalue weighted by Gasteiger charge is -2.07. The van der Waals surface area contributed by atoms with E-state index in [-0.39, 0.29) is 54.3 Å². The summed E-state index contributed by atoms with van der Waals surface area (Å²) in [5.41, 5.74) is -1.73. The zero-order chi connectivity index (χ0) is 36.4. The Morgan fingerprint density at radius 1 is 0.604 bits per heavy atom. The Hall–Kier alpha value is -6.45. The molecule has 3 aromatic rings. The van der Waals surface area contributed by atoms with Gasteiger partial charge in [0.1, 0.15) is 0 Å². The first-order valence-corrected chi connectivity index (χ1v) is 12.6. The SMILES string of the molecule is COCOC(=O)c1ccc(OCOC)c([N+](=O)[O-])c1.COCOc1ccc(C(=O)O)cc1[N+](=O)[O-].O=C(O)c1ccc(O)c([N+](=O)[O-])c1. The number of carbonyl (C=O) groups excluding carboxylic acids is 1. The van der Waals surface area contributed by atoms with E-state index in [2.05, 4.69) is 18.9 Å². The molecule has 0 unspecified atom stereocenters. The number of methoxy groups -OCH3 is 3. The summed E-state index contributed by atoms with van der Waals surface area (Å²) in [6, 6.07) is 9.98. The third-order valence-electron chi connectivity index (χ3n) is 5.19. The molecule has 0 saturated carbocycles. The lowest BCUT2D eigenvalue weighted by Crippen LogP contribution is -2.09. The van der Waals surface area contributed by atoms with Crippen molar-refractivity contribution < 1.29 is 72.9 Å². The third-order valence-corrected chi connectivity index (χ3v) is 5.19. The average Bonchev–Trinajstić information content (AvgIpc) is 3.05. The average molecular weight is 682 g/mol. The quantitative estimate of drug-likeness (QED) is 0.0946. The summed E-state index contributed by atoms with van der Waals surface area (Å²) >= 11 is 0. The Labute approximate surface area is 268 Å². The second-order valence-electron chi connectivity index (χ2n) is 8.39. The molecule has 3 N–H and O–H groups in total. The van der Waals surface area contributed by atoms with Gasteiger partial charge in [-0.15, -0.1) is 0 Å². The van der Waals surface area contributed by atoms with Crippen LogP contribution in [0.2, 0.25) is 0 Å². The fraction of sp³-hybridized carbons (Fsp3) is 0.222. The van der Waals surface area contributed by atoms with Crippen molar-refractivity contribution in [1.29, 1.82) is 0 Å². The number of aromatic carboxylic acids is 2. The van der Waals surface area contributed by atoms with E-state index in [1.165, 1.54) is 45.6 Å². The summed E-state index contributed by atoms with van der Waals surface area (Å²) in [7, 11) is 4.12. The Kier molecular flexibility index (Phi) is 16.4. The number of benzene rings is 3. The molecule has 0 aliphatic rings. The number of carboxylic acids is 2. The number of nitro benzene ring substituents is 3. The van der Waals surface area contributed by atoms with Gasteiger partial charge in [-0.2, -0.15) is 0 Å². The van der Waals surface area contributed by atoms with Crippen LogP contribution in [-0.4, -0.2) is 89.7 Å². The number of aromatic hydroxyl groups is 1. The van der Waals surface area contributed by atoms with Gasteiger partial charge in [0, 0.05) is 39.5 Å². The Balaban J connectivity index is 0.000000366. The van der Waals surface area contributed by atoms with Gasteiger partial charge in [-0.1, -0.05) is 0 Å². The summed E-state index contributed by atoms with van der Waals surface area (Å²) in [5.74, 6) is -3.80. The summed E-state index contributed by atoms with van der Waals surface area (Å²) in [6.07, 6.45) is 0. The first-order chi connectivity index (χ1) is 22.7. The number of carboxylic acid groups (broad SMARTS) is 2. The number of hydrogen-bond acceptors (Lipinski definition) is 16. The number of nitrogens with zero attached hydrogens (tertiary/aromatic N) is 3. The smallest absolute Gasteiger partial charge is 0.340 e. The Morgan fingerprint density at radius 2 is 0.979 bits per heavy atom.